The first kappa shape index (κ1) is 12.3. The van der Waals surface area contributed by atoms with Gasteiger partial charge in [-0.25, -0.2) is 4.98 Å². The van der Waals surface area contributed by atoms with E-state index in [1.807, 2.05) is 13.8 Å². The van der Waals surface area contributed by atoms with Gasteiger partial charge in [0, 0.05) is 0 Å². The van der Waals surface area contributed by atoms with Crippen LogP contribution >= 0.6 is 0 Å². The van der Waals surface area contributed by atoms with E-state index < -0.39 is 0 Å². The highest BCUT2D eigenvalue weighted by Crippen LogP contribution is 2.13. The van der Waals surface area contributed by atoms with E-state index in [-0.39, 0.29) is 23.9 Å². The maximum absolute atomic E-state index is 11.6. The maximum Gasteiger partial charge on any atom is 0.272 e. The van der Waals surface area contributed by atoms with E-state index in [9.17, 15) is 4.79 Å². The zero-order valence-corrected chi connectivity index (χ0v) is 9.62. The van der Waals surface area contributed by atoms with Crippen molar-refractivity contribution in [1.29, 1.82) is 0 Å². The third kappa shape index (κ3) is 3.12. The van der Waals surface area contributed by atoms with Crippen LogP contribution in [0.4, 0.5) is 5.82 Å². The molecule has 0 fully saturated rings. The molecular weight excluding hydrogens is 206 g/mol. The van der Waals surface area contributed by atoms with Crippen molar-refractivity contribution < 1.29 is 4.74 Å². The second-order valence-electron chi connectivity index (χ2n) is 3.92. The average molecular weight is 223 g/mol. The molecule has 5 nitrogen and oxygen atoms in total. The van der Waals surface area contributed by atoms with Crippen molar-refractivity contribution in [2.75, 3.05) is 12.3 Å². The zero-order chi connectivity index (χ0) is 12.1. The summed E-state index contributed by atoms with van der Waals surface area (Å²) in [6.07, 6.45) is 2.17. The van der Waals surface area contributed by atoms with E-state index in [1.165, 1.54) is 0 Å². The van der Waals surface area contributed by atoms with Crippen molar-refractivity contribution in [2.45, 2.75) is 20.3 Å². The molecule has 1 heterocycles. The summed E-state index contributed by atoms with van der Waals surface area (Å²) in [5.74, 6) is 0.766. The minimum Gasteiger partial charge on any atom is -0.472 e. The summed E-state index contributed by atoms with van der Waals surface area (Å²) >= 11 is 0. The number of anilines is 1. The molecule has 1 aromatic rings. The summed E-state index contributed by atoms with van der Waals surface area (Å²) in [7, 11) is 0. The second kappa shape index (κ2) is 5.34. The van der Waals surface area contributed by atoms with Gasteiger partial charge in [0.25, 0.3) is 5.56 Å². The van der Waals surface area contributed by atoms with Gasteiger partial charge in [-0.15, -0.1) is 0 Å². The Morgan fingerprint density at radius 3 is 2.88 bits per heavy atom. The normalized spacial score (nSPS) is 10.4. The smallest absolute Gasteiger partial charge is 0.272 e. The lowest BCUT2D eigenvalue weighted by Gasteiger charge is -2.08. The van der Waals surface area contributed by atoms with E-state index in [4.69, 9.17) is 10.5 Å². The average Bonchev–Trinajstić information content (AvgIpc) is 2.20. The highest BCUT2D eigenvalue weighted by atomic mass is 16.5. The Labute approximate surface area is 94.4 Å². The van der Waals surface area contributed by atoms with Gasteiger partial charge in [0.2, 0.25) is 5.88 Å². The molecule has 0 unspecified atom stereocenters. The predicted octanol–water partition coefficient (Wildman–Crippen LogP) is 1.12. The molecule has 16 heavy (non-hydrogen) atoms. The van der Waals surface area contributed by atoms with Crippen LogP contribution in [0.3, 0.4) is 0 Å². The first-order chi connectivity index (χ1) is 7.54. The number of rotatable bonds is 5. The lowest BCUT2D eigenvalue weighted by Crippen LogP contribution is -2.20. The van der Waals surface area contributed by atoms with Gasteiger partial charge in [-0.3, -0.25) is 9.78 Å². The van der Waals surface area contributed by atoms with Crippen molar-refractivity contribution in [3.05, 3.63) is 28.7 Å². The molecule has 0 aliphatic carbocycles. The standard InChI is InChI=1S/C11H17N3O2/c1-4-5-16-11-9(12)13-8(6-7(2)3)10(15)14-11/h4,7H,1,5-6H2,2-3H3,(H2,12,13)(H,14,15). The molecule has 5 heteroatoms. The fourth-order valence-corrected chi connectivity index (χ4v) is 1.26. The van der Waals surface area contributed by atoms with Crippen LogP contribution in [0.5, 0.6) is 5.88 Å². The number of aromatic nitrogens is 2. The minimum absolute atomic E-state index is 0.206. The van der Waals surface area contributed by atoms with Gasteiger partial charge in [0.05, 0.1) is 0 Å². The fourth-order valence-electron chi connectivity index (χ4n) is 1.26. The van der Waals surface area contributed by atoms with Gasteiger partial charge in [-0.2, -0.15) is 0 Å². The first-order valence-corrected chi connectivity index (χ1v) is 5.17. The Morgan fingerprint density at radius 2 is 2.31 bits per heavy atom. The van der Waals surface area contributed by atoms with E-state index in [2.05, 4.69) is 16.5 Å². The number of aromatic amines is 1. The summed E-state index contributed by atoms with van der Waals surface area (Å²) < 4.78 is 5.17. The number of H-pyrrole nitrogens is 1. The van der Waals surface area contributed by atoms with Crippen LogP contribution in [0.1, 0.15) is 19.5 Å². The Morgan fingerprint density at radius 1 is 1.62 bits per heavy atom. The second-order valence-corrected chi connectivity index (χ2v) is 3.92. The molecule has 88 valence electrons. The number of nitrogens with one attached hydrogen (secondary N) is 1. The van der Waals surface area contributed by atoms with Gasteiger partial charge in [0.15, 0.2) is 5.82 Å². The molecule has 0 spiro atoms. The number of nitrogens with zero attached hydrogens (tertiary/aromatic N) is 1. The van der Waals surface area contributed by atoms with Crippen molar-refractivity contribution >= 4 is 5.82 Å². The van der Waals surface area contributed by atoms with E-state index in [0.717, 1.165) is 0 Å². The number of hydrogen-bond acceptors (Lipinski definition) is 4. The number of nitrogen functional groups attached to an aromatic ring is 1. The van der Waals surface area contributed by atoms with Crippen molar-refractivity contribution in [3.8, 4) is 5.88 Å². The van der Waals surface area contributed by atoms with Gasteiger partial charge in [-0.05, 0) is 12.3 Å². The maximum atomic E-state index is 11.6. The number of ether oxygens (including phenoxy) is 1. The molecule has 1 aromatic heterocycles. The van der Waals surface area contributed by atoms with Crippen LogP contribution in [-0.2, 0) is 6.42 Å². The summed E-state index contributed by atoms with van der Waals surface area (Å²) in [6, 6.07) is 0. The van der Waals surface area contributed by atoms with Crippen LogP contribution in [0, 0.1) is 5.92 Å². The third-order valence-electron chi connectivity index (χ3n) is 1.92. The summed E-state index contributed by atoms with van der Waals surface area (Å²) in [5, 5.41) is 0. The molecule has 0 amide bonds. The molecule has 0 aliphatic rings. The lowest BCUT2D eigenvalue weighted by atomic mass is 10.1. The highest BCUT2D eigenvalue weighted by Gasteiger charge is 2.10. The molecule has 3 N–H and O–H groups in total. The number of nitrogens with two attached hydrogens (primary N) is 1. The quantitative estimate of drug-likeness (QED) is 0.733. The topological polar surface area (TPSA) is 81.0 Å². The largest absolute Gasteiger partial charge is 0.472 e. The van der Waals surface area contributed by atoms with Gasteiger partial charge in [0.1, 0.15) is 12.3 Å². The molecular formula is C11H17N3O2. The Hall–Kier alpha value is -1.78. The summed E-state index contributed by atoms with van der Waals surface area (Å²) in [5.41, 5.74) is 5.86. The molecule has 0 atom stereocenters. The zero-order valence-electron chi connectivity index (χ0n) is 9.62. The van der Waals surface area contributed by atoms with Crippen LogP contribution in [0.15, 0.2) is 17.4 Å². The van der Waals surface area contributed by atoms with Crippen LogP contribution in [-0.4, -0.2) is 16.6 Å². The Kier molecular flexibility index (Phi) is 4.10. The minimum atomic E-state index is -0.248. The summed E-state index contributed by atoms with van der Waals surface area (Å²) in [4.78, 5) is 18.2. The van der Waals surface area contributed by atoms with Gasteiger partial charge < -0.3 is 10.5 Å². The van der Waals surface area contributed by atoms with Crippen molar-refractivity contribution in [2.24, 2.45) is 5.92 Å². The van der Waals surface area contributed by atoms with Crippen molar-refractivity contribution in [3.63, 3.8) is 0 Å². The first-order valence-electron chi connectivity index (χ1n) is 5.17. The molecule has 0 bridgehead atoms. The van der Waals surface area contributed by atoms with Crippen LogP contribution < -0.4 is 16.0 Å². The van der Waals surface area contributed by atoms with E-state index >= 15 is 0 Å². The molecule has 0 saturated heterocycles. The lowest BCUT2D eigenvalue weighted by molar-refractivity contribution is 0.347. The molecule has 1 rings (SSSR count). The van der Waals surface area contributed by atoms with Crippen LogP contribution in [0.25, 0.3) is 0 Å². The number of hydrogen-bond donors (Lipinski definition) is 2. The molecule has 0 saturated carbocycles. The predicted molar refractivity (Wildman–Crippen MR) is 63.5 cm³/mol. The van der Waals surface area contributed by atoms with Crippen molar-refractivity contribution in [1.82, 2.24) is 9.97 Å². The highest BCUT2D eigenvalue weighted by molar-refractivity contribution is 5.40. The SMILES string of the molecule is C=CCOc1[nH]c(=O)c(CC(C)C)nc1N. The van der Waals surface area contributed by atoms with Gasteiger partial charge >= 0.3 is 0 Å². The summed E-state index contributed by atoms with van der Waals surface area (Å²) in [6.45, 7) is 7.82. The molecule has 0 radical (unpaired) electrons. The van der Waals surface area contributed by atoms with Gasteiger partial charge in [-0.1, -0.05) is 26.5 Å². The monoisotopic (exact) mass is 223 g/mol. The molecule has 0 aliphatic heterocycles. The Balaban J connectivity index is 2.97. The van der Waals surface area contributed by atoms with E-state index in [0.29, 0.717) is 18.0 Å². The fraction of sp³-hybridized carbons (Fsp3) is 0.455. The van der Waals surface area contributed by atoms with E-state index in [1.54, 1.807) is 6.08 Å². The third-order valence-corrected chi connectivity index (χ3v) is 1.92. The molecule has 0 aromatic carbocycles. The Bertz CT molecular complexity index is 424. The van der Waals surface area contributed by atoms with Crippen LogP contribution in [0.2, 0.25) is 0 Å².